The molecule has 0 bridgehead atoms. The zero-order chi connectivity index (χ0) is 19.5. The van der Waals surface area contributed by atoms with E-state index in [9.17, 15) is 22.8 Å². The number of carbonyl (C=O) groups is 2. The maximum absolute atomic E-state index is 13.0. The lowest BCUT2D eigenvalue weighted by Gasteiger charge is -2.14. The summed E-state index contributed by atoms with van der Waals surface area (Å²) in [5, 5.41) is 2.26. The first-order chi connectivity index (χ1) is 12.1. The lowest BCUT2D eigenvalue weighted by atomic mass is 10.1. The third-order valence-corrected chi connectivity index (χ3v) is 3.67. The number of alkyl halides is 3. The lowest BCUT2D eigenvalue weighted by molar-refractivity contribution is -0.137. The molecule has 1 N–H and O–H groups in total. The summed E-state index contributed by atoms with van der Waals surface area (Å²) in [6.07, 6.45) is -4.72. The van der Waals surface area contributed by atoms with Crippen molar-refractivity contribution in [3.8, 4) is 0 Å². The maximum Gasteiger partial charge on any atom is 0.418 e. The highest BCUT2D eigenvalue weighted by molar-refractivity contribution is 6.35. The van der Waals surface area contributed by atoms with Crippen LogP contribution in [0, 0.1) is 0 Å². The summed E-state index contributed by atoms with van der Waals surface area (Å²) in [6.45, 7) is -0.803. The minimum atomic E-state index is -4.72. The van der Waals surface area contributed by atoms with Gasteiger partial charge in [-0.15, -0.1) is 0 Å². The molecule has 0 atom stereocenters. The van der Waals surface area contributed by atoms with Crippen LogP contribution in [-0.2, 0) is 15.7 Å². The molecule has 2 aromatic carbocycles. The topological polar surface area (TPSA) is 55.4 Å². The first kappa shape index (κ1) is 20.4. The van der Waals surface area contributed by atoms with Gasteiger partial charge in [0.1, 0.15) is 0 Å². The van der Waals surface area contributed by atoms with E-state index in [-0.39, 0.29) is 20.6 Å². The fourth-order valence-corrected chi connectivity index (χ4v) is 2.63. The fraction of sp³-hybridized carbons (Fsp3) is 0.125. The van der Waals surface area contributed by atoms with Crippen LogP contribution in [0.5, 0.6) is 0 Å². The standard InChI is InChI=1S/C16H9Cl3F3NO3/c17-9-1-2-13(12(6-9)16(20,21)22)23-14(24)7-26-15(25)8-3-10(18)5-11(19)4-8/h1-6H,7H2,(H,23,24). The Morgan fingerprint density at radius 3 is 2.15 bits per heavy atom. The van der Waals surface area contributed by atoms with Crippen molar-refractivity contribution in [3.63, 3.8) is 0 Å². The molecule has 0 aliphatic heterocycles. The second-order valence-corrected chi connectivity index (χ2v) is 6.28. The van der Waals surface area contributed by atoms with E-state index < -0.39 is 35.9 Å². The Morgan fingerprint density at radius 2 is 1.58 bits per heavy atom. The highest BCUT2D eigenvalue weighted by atomic mass is 35.5. The number of nitrogens with one attached hydrogen (secondary N) is 1. The number of esters is 1. The van der Waals surface area contributed by atoms with Gasteiger partial charge in [-0.2, -0.15) is 13.2 Å². The van der Waals surface area contributed by atoms with Crippen molar-refractivity contribution in [3.05, 3.63) is 62.6 Å². The summed E-state index contributed by atoms with van der Waals surface area (Å²) in [5.74, 6) is -1.86. The molecular formula is C16H9Cl3F3NO3. The second kappa shape index (κ2) is 8.16. The third kappa shape index (κ3) is 5.52. The van der Waals surface area contributed by atoms with E-state index in [2.05, 4.69) is 0 Å². The summed E-state index contributed by atoms with van der Waals surface area (Å²) in [6, 6.07) is 6.81. The monoisotopic (exact) mass is 425 g/mol. The zero-order valence-corrected chi connectivity index (χ0v) is 14.9. The van der Waals surface area contributed by atoms with E-state index in [1.54, 1.807) is 0 Å². The Morgan fingerprint density at radius 1 is 0.962 bits per heavy atom. The predicted octanol–water partition coefficient (Wildman–Crippen LogP) is 5.46. The van der Waals surface area contributed by atoms with Gasteiger partial charge in [-0.1, -0.05) is 34.8 Å². The summed E-state index contributed by atoms with van der Waals surface area (Å²) in [7, 11) is 0. The number of anilines is 1. The van der Waals surface area contributed by atoms with Crippen molar-refractivity contribution < 1.29 is 27.5 Å². The van der Waals surface area contributed by atoms with Crippen LogP contribution in [0.25, 0.3) is 0 Å². The molecule has 2 rings (SSSR count). The van der Waals surface area contributed by atoms with Crippen LogP contribution in [0.2, 0.25) is 15.1 Å². The summed E-state index contributed by atoms with van der Waals surface area (Å²) in [4.78, 5) is 23.7. The molecule has 0 saturated carbocycles. The van der Waals surface area contributed by atoms with Gasteiger partial charge in [-0.05, 0) is 36.4 Å². The van der Waals surface area contributed by atoms with Crippen LogP contribution in [-0.4, -0.2) is 18.5 Å². The van der Waals surface area contributed by atoms with Crippen molar-refractivity contribution in [2.45, 2.75) is 6.18 Å². The molecule has 0 saturated heterocycles. The summed E-state index contributed by atoms with van der Waals surface area (Å²) < 4.78 is 43.7. The first-order valence-electron chi connectivity index (χ1n) is 6.86. The Hall–Kier alpha value is -1.96. The van der Waals surface area contributed by atoms with Gasteiger partial charge in [0, 0.05) is 15.1 Å². The van der Waals surface area contributed by atoms with Gasteiger partial charge in [0.05, 0.1) is 16.8 Å². The van der Waals surface area contributed by atoms with Crippen molar-refractivity contribution >= 4 is 52.4 Å². The second-order valence-electron chi connectivity index (χ2n) is 4.97. The minimum Gasteiger partial charge on any atom is -0.452 e. The van der Waals surface area contributed by atoms with Crippen LogP contribution >= 0.6 is 34.8 Å². The molecule has 0 aromatic heterocycles. The average Bonchev–Trinajstić information content (AvgIpc) is 2.52. The molecule has 0 spiro atoms. The number of amides is 1. The number of carbonyl (C=O) groups excluding carboxylic acids is 2. The molecule has 0 fully saturated rings. The largest absolute Gasteiger partial charge is 0.452 e. The van der Waals surface area contributed by atoms with Gasteiger partial charge < -0.3 is 10.1 Å². The van der Waals surface area contributed by atoms with Gasteiger partial charge in [-0.3, -0.25) is 4.79 Å². The molecule has 26 heavy (non-hydrogen) atoms. The third-order valence-electron chi connectivity index (χ3n) is 2.99. The fourth-order valence-electron chi connectivity index (χ4n) is 1.93. The van der Waals surface area contributed by atoms with Crippen molar-refractivity contribution in [1.29, 1.82) is 0 Å². The molecule has 2 aromatic rings. The van der Waals surface area contributed by atoms with Crippen LogP contribution < -0.4 is 5.32 Å². The van der Waals surface area contributed by atoms with Crippen LogP contribution in [0.1, 0.15) is 15.9 Å². The van der Waals surface area contributed by atoms with E-state index in [0.29, 0.717) is 6.07 Å². The van der Waals surface area contributed by atoms with E-state index in [1.807, 2.05) is 5.32 Å². The van der Waals surface area contributed by atoms with Crippen LogP contribution in [0.3, 0.4) is 0 Å². The Labute approximate surface area is 160 Å². The quantitative estimate of drug-likeness (QED) is 0.661. The van der Waals surface area contributed by atoms with Crippen molar-refractivity contribution in [2.24, 2.45) is 0 Å². The molecule has 138 valence electrons. The molecule has 4 nitrogen and oxygen atoms in total. The predicted molar refractivity (Wildman–Crippen MR) is 91.8 cm³/mol. The van der Waals surface area contributed by atoms with Gasteiger partial charge >= 0.3 is 12.1 Å². The van der Waals surface area contributed by atoms with Crippen LogP contribution in [0.4, 0.5) is 18.9 Å². The molecule has 0 heterocycles. The molecule has 0 unspecified atom stereocenters. The lowest BCUT2D eigenvalue weighted by Crippen LogP contribution is -2.22. The van der Waals surface area contributed by atoms with Gasteiger partial charge in [0.25, 0.3) is 5.91 Å². The van der Waals surface area contributed by atoms with Crippen molar-refractivity contribution in [2.75, 3.05) is 11.9 Å². The first-order valence-corrected chi connectivity index (χ1v) is 7.99. The minimum absolute atomic E-state index is 0.00206. The summed E-state index contributed by atoms with van der Waals surface area (Å²) in [5.41, 5.74) is -1.63. The highest BCUT2D eigenvalue weighted by Crippen LogP contribution is 2.36. The number of hydrogen-bond acceptors (Lipinski definition) is 3. The maximum atomic E-state index is 13.0. The SMILES string of the molecule is O=C(COC(=O)c1cc(Cl)cc(Cl)c1)Nc1ccc(Cl)cc1C(F)(F)F. The number of ether oxygens (including phenoxy) is 1. The molecule has 0 aliphatic carbocycles. The number of rotatable bonds is 4. The normalized spacial score (nSPS) is 11.2. The van der Waals surface area contributed by atoms with Gasteiger partial charge in [0.15, 0.2) is 6.61 Å². The molecule has 1 amide bonds. The molecule has 0 aliphatic rings. The zero-order valence-electron chi connectivity index (χ0n) is 12.7. The van der Waals surface area contributed by atoms with E-state index in [4.69, 9.17) is 39.5 Å². The Balaban J connectivity index is 2.04. The van der Waals surface area contributed by atoms with Crippen molar-refractivity contribution in [1.82, 2.24) is 0 Å². The molecule has 0 radical (unpaired) electrons. The van der Waals surface area contributed by atoms with Gasteiger partial charge in [0.2, 0.25) is 0 Å². The van der Waals surface area contributed by atoms with Crippen LogP contribution in [0.15, 0.2) is 36.4 Å². The molecule has 10 heteroatoms. The number of benzene rings is 2. The smallest absolute Gasteiger partial charge is 0.418 e. The van der Waals surface area contributed by atoms with E-state index in [1.165, 1.54) is 24.3 Å². The Bertz CT molecular complexity index is 836. The highest BCUT2D eigenvalue weighted by Gasteiger charge is 2.34. The summed E-state index contributed by atoms with van der Waals surface area (Å²) >= 11 is 17.0. The Kier molecular flexibility index (Phi) is 6.39. The average molecular weight is 427 g/mol. The number of hydrogen-bond donors (Lipinski definition) is 1. The van der Waals surface area contributed by atoms with Gasteiger partial charge in [-0.25, -0.2) is 4.79 Å². The molecular weight excluding hydrogens is 418 g/mol. The van der Waals surface area contributed by atoms with E-state index in [0.717, 1.165) is 6.07 Å². The number of halogens is 6. The van der Waals surface area contributed by atoms with E-state index >= 15 is 0 Å².